The van der Waals surface area contributed by atoms with Crippen molar-refractivity contribution >= 4 is 33.6 Å². The lowest BCUT2D eigenvalue weighted by atomic mass is 10.3. The van der Waals surface area contributed by atoms with E-state index in [4.69, 9.17) is 11.6 Å². The van der Waals surface area contributed by atoms with E-state index in [1.807, 2.05) is 30.4 Å². The molecule has 0 aliphatic carbocycles. The molecule has 0 amide bonds. The minimum absolute atomic E-state index is 0.522. The number of pyridine rings is 1. The molecule has 0 spiro atoms. The molecular formula is C8H7BrClN. The highest BCUT2D eigenvalue weighted by Crippen LogP contribution is 2.07. The quantitative estimate of drug-likeness (QED) is 0.564. The van der Waals surface area contributed by atoms with Gasteiger partial charge in [0.15, 0.2) is 0 Å². The first-order valence-electron chi connectivity index (χ1n) is 3.18. The van der Waals surface area contributed by atoms with Crippen LogP contribution in [-0.4, -0.2) is 10.9 Å². The fourth-order valence-corrected chi connectivity index (χ4v) is 1.13. The third-order valence-corrected chi connectivity index (χ3v) is 1.73. The Balaban J connectivity index is 2.79. The second kappa shape index (κ2) is 4.52. The number of halogens is 2. The normalized spacial score (nSPS) is 10.7. The highest BCUT2D eigenvalue weighted by Gasteiger charge is 1.88. The number of rotatable bonds is 2. The van der Waals surface area contributed by atoms with Gasteiger partial charge < -0.3 is 0 Å². The number of alkyl halides is 1. The van der Waals surface area contributed by atoms with Crippen LogP contribution in [0.15, 0.2) is 28.9 Å². The van der Waals surface area contributed by atoms with Crippen LogP contribution in [-0.2, 0) is 0 Å². The lowest BCUT2D eigenvalue weighted by Gasteiger charge is -1.91. The Morgan fingerprint density at radius 2 is 2.36 bits per heavy atom. The Labute approximate surface area is 79.2 Å². The fourth-order valence-electron chi connectivity index (χ4n) is 0.682. The first-order chi connectivity index (χ1) is 5.33. The van der Waals surface area contributed by atoms with Gasteiger partial charge in [0.05, 0.1) is 5.69 Å². The Bertz CT molecular complexity index is 260. The van der Waals surface area contributed by atoms with Gasteiger partial charge in [-0.15, -0.1) is 11.6 Å². The van der Waals surface area contributed by atoms with Crippen molar-refractivity contribution in [3.05, 3.63) is 34.6 Å². The fraction of sp³-hybridized carbons (Fsp3) is 0.125. The molecule has 58 valence electrons. The third kappa shape index (κ3) is 3.04. The highest BCUT2D eigenvalue weighted by atomic mass is 79.9. The van der Waals surface area contributed by atoms with E-state index in [9.17, 15) is 0 Å². The molecule has 1 aromatic heterocycles. The van der Waals surface area contributed by atoms with Gasteiger partial charge >= 0.3 is 0 Å². The summed E-state index contributed by atoms with van der Waals surface area (Å²) in [6.45, 7) is 0. The van der Waals surface area contributed by atoms with Gasteiger partial charge in [0.1, 0.15) is 4.60 Å². The topological polar surface area (TPSA) is 12.9 Å². The molecule has 0 fully saturated rings. The van der Waals surface area contributed by atoms with Crippen LogP contribution in [0, 0.1) is 0 Å². The predicted octanol–water partition coefficient (Wildman–Crippen LogP) is 3.10. The minimum atomic E-state index is 0.522. The SMILES string of the molecule is ClCC=Cc1cccc(Br)n1. The van der Waals surface area contributed by atoms with Crippen molar-refractivity contribution in [3.8, 4) is 0 Å². The Kier molecular flexibility index (Phi) is 3.60. The number of hydrogen-bond donors (Lipinski definition) is 0. The van der Waals surface area contributed by atoms with Crippen molar-refractivity contribution in [3.63, 3.8) is 0 Å². The van der Waals surface area contributed by atoms with Gasteiger partial charge in [-0.2, -0.15) is 0 Å². The van der Waals surface area contributed by atoms with E-state index in [2.05, 4.69) is 20.9 Å². The number of allylic oxidation sites excluding steroid dienone is 1. The van der Waals surface area contributed by atoms with Crippen LogP contribution in [0.1, 0.15) is 5.69 Å². The average Bonchev–Trinajstić information content (AvgIpc) is 2.01. The third-order valence-electron chi connectivity index (χ3n) is 1.11. The number of aromatic nitrogens is 1. The van der Waals surface area contributed by atoms with Gasteiger partial charge in [-0.1, -0.05) is 12.1 Å². The molecule has 0 bridgehead atoms. The van der Waals surface area contributed by atoms with Gasteiger partial charge in [0.25, 0.3) is 0 Å². The number of hydrogen-bond acceptors (Lipinski definition) is 1. The van der Waals surface area contributed by atoms with Crippen LogP contribution >= 0.6 is 27.5 Å². The molecule has 1 rings (SSSR count). The zero-order chi connectivity index (χ0) is 8.10. The molecule has 0 aliphatic heterocycles. The van der Waals surface area contributed by atoms with E-state index in [1.54, 1.807) is 0 Å². The molecular weight excluding hydrogens is 225 g/mol. The summed E-state index contributed by atoms with van der Waals surface area (Å²) < 4.78 is 0.842. The van der Waals surface area contributed by atoms with Crippen molar-refractivity contribution in [1.82, 2.24) is 4.98 Å². The number of nitrogens with zero attached hydrogens (tertiary/aromatic N) is 1. The van der Waals surface area contributed by atoms with E-state index in [0.29, 0.717) is 5.88 Å². The summed E-state index contributed by atoms with van der Waals surface area (Å²) in [6.07, 6.45) is 3.74. The summed E-state index contributed by atoms with van der Waals surface area (Å²) in [5.41, 5.74) is 0.917. The zero-order valence-electron chi connectivity index (χ0n) is 5.80. The first kappa shape index (κ1) is 8.75. The zero-order valence-corrected chi connectivity index (χ0v) is 8.14. The molecule has 0 aromatic carbocycles. The molecule has 0 radical (unpaired) electrons. The monoisotopic (exact) mass is 231 g/mol. The summed E-state index contributed by atoms with van der Waals surface area (Å²) in [5.74, 6) is 0.522. The van der Waals surface area contributed by atoms with Gasteiger partial charge in [-0.25, -0.2) is 4.98 Å². The van der Waals surface area contributed by atoms with E-state index in [1.165, 1.54) is 0 Å². The molecule has 0 aliphatic rings. The minimum Gasteiger partial charge on any atom is -0.242 e. The standard InChI is InChI=1S/C8H7BrClN/c9-8-5-1-3-7(11-8)4-2-6-10/h1-5H,6H2. The molecule has 11 heavy (non-hydrogen) atoms. The van der Waals surface area contributed by atoms with Crippen LogP contribution in [0.4, 0.5) is 0 Å². The van der Waals surface area contributed by atoms with Crippen LogP contribution in [0.25, 0.3) is 6.08 Å². The van der Waals surface area contributed by atoms with E-state index >= 15 is 0 Å². The van der Waals surface area contributed by atoms with Crippen molar-refractivity contribution in [1.29, 1.82) is 0 Å². The summed E-state index contributed by atoms with van der Waals surface area (Å²) in [7, 11) is 0. The lowest BCUT2D eigenvalue weighted by Crippen LogP contribution is -1.79. The molecule has 0 saturated carbocycles. The van der Waals surface area contributed by atoms with Crippen molar-refractivity contribution in [2.45, 2.75) is 0 Å². The second-order valence-corrected chi connectivity index (χ2v) is 3.06. The molecule has 0 unspecified atom stereocenters. The van der Waals surface area contributed by atoms with Crippen molar-refractivity contribution in [2.24, 2.45) is 0 Å². The van der Waals surface area contributed by atoms with Gasteiger partial charge in [-0.3, -0.25) is 0 Å². The smallest absolute Gasteiger partial charge is 0.106 e. The Morgan fingerprint density at radius 3 is 3.00 bits per heavy atom. The van der Waals surface area contributed by atoms with E-state index in [-0.39, 0.29) is 0 Å². The Hall–Kier alpha value is -0.340. The maximum Gasteiger partial charge on any atom is 0.106 e. The van der Waals surface area contributed by atoms with Crippen LogP contribution in [0.2, 0.25) is 0 Å². The van der Waals surface area contributed by atoms with Crippen LogP contribution in [0.3, 0.4) is 0 Å². The molecule has 1 heterocycles. The van der Waals surface area contributed by atoms with Gasteiger partial charge in [0, 0.05) is 5.88 Å². The van der Waals surface area contributed by atoms with Crippen LogP contribution in [0.5, 0.6) is 0 Å². The summed E-state index contributed by atoms with van der Waals surface area (Å²) in [6, 6.07) is 5.75. The molecule has 0 atom stereocenters. The summed E-state index contributed by atoms with van der Waals surface area (Å²) in [4.78, 5) is 4.18. The molecule has 3 heteroatoms. The summed E-state index contributed by atoms with van der Waals surface area (Å²) in [5, 5.41) is 0. The summed E-state index contributed by atoms with van der Waals surface area (Å²) >= 11 is 8.74. The second-order valence-electron chi connectivity index (χ2n) is 1.94. The maximum atomic E-state index is 5.46. The van der Waals surface area contributed by atoms with Gasteiger partial charge in [-0.05, 0) is 34.1 Å². The predicted molar refractivity (Wildman–Crippen MR) is 51.7 cm³/mol. The molecule has 1 aromatic rings. The van der Waals surface area contributed by atoms with E-state index < -0.39 is 0 Å². The van der Waals surface area contributed by atoms with Crippen LogP contribution < -0.4 is 0 Å². The molecule has 0 N–H and O–H groups in total. The molecule has 0 saturated heterocycles. The Morgan fingerprint density at radius 1 is 1.55 bits per heavy atom. The molecule has 1 nitrogen and oxygen atoms in total. The van der Waals surface area contributed by atoms with Crippen molar-refractivity contribution in [2.75, 3.05) is 5.88 Å². The lowest BCUT2D eigenvalue weighted by molar-refractivity contribution is 1.25. The van der Waals surface area contributed by atoms with Gasteiger partial charge in [0.2, 0.25) is 0 Å². The average molecular weight is 233 g/mol. The van der Waals surface area contributed by atoms with E-state index in [0.717, 1.165) is 10.3 Å². The van der Waals surface area contributed by atoms with Crippen molar-refractivity contribution < 1.29 is 0 Å². The first-order valence-corrected chi connectivity index (χ1v) is 4.51. The maximum absolute atomic E-state index is 5.46. The highest BCUT2D eigenvalue weighted by molar-refractivity contribution is 9.10. The largest absolute Gasteiger partial charge is 0.242 e.